The predicted octanol–water partition coefficient (Wildman–Crippen LogP) is -0.0865. The lowest BCUT2D eigenvalue weighted by Crippen LogP contribution is -2.45. The Morgan fingerprint density at radius 2 is 2.42 bits per heavy atom. The standard InChI is InChI=1S/C13H20N4O2/c1-9-3-4-11(12(14)18)13(16-9)17(2)8-10-7-15-5-6-19-10/h3-4,10,15H,5-8H2,1-2H3,(H2,14,18). The van der Waals surface area contributed by atoms with Crippen molar-refractivity contribution in [3.8, 4) is 0 Å². The molecule has 104 valence electrons. The summed E-state index contributed by atoms with van der Waals surface area (Å²) in [4.78, 5) is 17.8. The smallest absolute Gasteiger partial charge is 0.252 e. The average molecular weight is 264 g/mol. The van der Waals surface area contributed by atoms with Crippen LogP contribution in [0.3, 0.4) is 0 Å². The van der Waals surface area contributed by atoms with Crippen molar-refractivity contribution < 1.29 is 9.53 Å². The second kappa shape index (κ2) is 5.99. The van der Waals surface area contributed by atoms with Crippen molar-refractivity contribution in [1.29, 1.82) is 0 Å². The third-order valence-corrected chi connectivity index (χ3v) is 3.12. The number of anilines is 1. The minimum absolute atomic E-state index is 0.0989. The zero-order chi connectivity index (χ0) is 13.8. The van der Waals surface area contributed by atoms with E-state index in [4.69, 9.17) is 10.5 Å². The number of aryl methyl sites for hydroxylation is 1. The molecule has 2 heterocycles. The fourth-order valence-electron chi connectivity index (χ4n) is 2.16. The highest BCUT2D eigenvalue weighted by atomic mass is 16.5. The van der Waals surface area contributed by atoms with Gasteiger partial charge in [-0.1, -0.05) is 0 Å². The van der Waals surface area contributed by atoms with E-state index in [0.717, 1.165) is 18.8 Å². The van der Waals surface area contributed by atoms with Gasteiger partial charge >= 0.3 is 0 Å². The number of amides is 1. The minimum atomic E-state index is -0.461. The van der Waals surface area contributed by atoms with Crippen molar-refractivity contribution in [2.24, 2.45) is 5.73 Å². The van der Waals surface area contributed by atoms with E-state index in [9.17, 15) is 4.79 Å². The van der Waals surface area contributed by atoms with Crippen LogP contribution in [0.1, 0.15) is 16.1 Å². The Morgan fingerprint density at radius 3 is 3.05 bits per heavy atom. The van der Waals surface area contributed by atoms with E-state index in [-0.39, 0.29) is 6.10 Å². The summed E-state index contributed by atoms with van der Waals surface area (Å²) in [6.07, 6.45) is 0.0989. The van der Waals surface area contributed by atoms with E-state index < -0.39 is 5.91 Å². The van der Waals surface area contributed by atoms with Gasteiger partial charge in [0.2, 0.25) is 0 Å². The van der Waals surface area contributed by atoms with Crippen LogP contribution in [0.2, 0.25) is 0 Å². The summed E-state index contributed by atoms with van der Waals surface area (Å²) in [7, 11) is 1.90. The second-order valence-corrected chi connectivity index (χ2v) is 4.77. The molecule has 1 unspecified atom stereocenters. The van der Waals surface area contributed by atoms with Crippen molar-refractivity contribution in [1.82, 2.24) is 10.3 Å². The van der Waals surface area contributed by atoms with Crippen LogP contribution >= 0.6 is 0 Å². The summed E-state index contributed by atoms with van der Waals surface area (Å²) < 4.78 is 5.65. The zero-order valence-corrected chi connectivity index (χ0v) is 11.3. The first kappa shape index (κ1) is 13.8. The van der Waals surface area contributed by atoms with Crippen molar-refractivity contribution in [3.05, 3.63) is 23.4 Å². The lowest BCUT2D eigenvalue weighted by Gasteiger charge is -2.29. The van der Waals surface area contributed by atoms with E-state index in [0.29, 0.717) is 24.5 Å². The maximum absolute atomic E-state index is 11.4. The van der Waals surface area contributed by atoms with E-state index in [2.05, 4.69) is 10.3 Å². The van der Waals surface area contributed by atoms with Crippen LogP contribution in [0.25, 0.3) is 0 Å². The van der Waals surface area contributed by atoms with Crippen LogP contribution < -0.4 is 16.0 Å². The fraction of sp³-hybridized carbons (Fsp3) is 0.538. The maximum atomic E-state index is 11.4. The summed E-state index contributed by atoms with van der Waals surface area (Å²) in [5.74, 6) is 0.152. The highest BCUT2D eigenvalue weighted by molar-refractivity contribution is 5.97. The van der Waals surface area contributed by atoms with E-state index >= 15 is 0 Å². The molecule has 1 amide bonds. The number of aromatic nitrogens is 1. The number of nitrogens with zero attached hydrogens (tertiary/aromatic N) is 2. The predicted molar refractivity (Wildman–Crippen MR) is 73.4 cm³/mol. The Hall–Kier alpha value is -1.66. The molecule has 1 fully saturated rings. The Bertz CT molecular complexity index is 458. The monoisotopic (exact) mass is 264 g/mol. The number of nitrogens with one attached hydrogen (secondary N) is 1. The van der Waals surface area contributed by atoms with Crippen LogP contribution in [-0.2, 0) is 4.74 Å². The Morgan fingerprint density at radius 1 is 1.63 bits per heavy atom. The molecule has 1 atom stereocenters. The van der Waals surface area contributed by atoms with Crippen LogP contribution in [-0.4, -0.2) is 50.3 Å². The molecule has 1 aliphatic rings. The van der Waals surface area contributed by atoms with E-state index in [1.54, 1.807) is 12.1 Å². The highest BCUT2D eigenvalue weighted by Gasteiger charge is 2.19. The largest absolute Gasteiger partial charge is 0.374 e. The molecule has 6 heteroatoms. The number of ether oxygens (including phenoxy) is 1. The van der Waals surface area contributed by atoms with Gasteiger partial charge in [0.25, 0.3) is 5.91 Å². The molecule has 0 spiro atoms. The highest BCUT2D eigenvalue weighted by Crippen LogP contribution is 2.17. The van der Waals surface area contributed by atoms with Gasteiger partial charge < -0.3 is 20.7 Å². The number of nitrogens with two attached hydrogens (primary N) is 1. The average Bonchev–Trinajstić information content (AvgIpc) is 2.39. The summed E-state index contributed by atoms with van der Waals surface area (Å²) in [6, 6.07) is 3.51. The molecule has 3 N–H and O–H groups in total. The number of rotatable bonds is 4. The molecule has 1 aliphatic heterocycles. The van der Waals surface area contributed by atoms with Crippen LogP contribution in [0.5, 0.6) is 0 Å². The molecule has 1 aromatic heterocycles. The molecular weight excluding hydrogens is 244 g/mol. The normalized spacial score (nSPS) is 19.2. The van der Waals surface area contributed by atoms with Gasteiger partial charge in [-0.25, -0.2) is 4.98 Å². The number of hydrogen-bond acceptors (Lipinski definition) is 5. The van der Waals surface area contributed by atoms with E-state index in [1.165, 1.54) is 0 Å². The molecular formula is C13H20N4O2. The first-order valence-electron chi connectivity index (χ1n) is 6.39. The third-order valence-electron chi connectivity index (χ3n) is 3.12. The van der Waals surface area contributed by atoms with Crippen molar-refractivity contribution in [3.63, 3.8) is 0 Å². The lowest BCUT2D eigenvalue weighted by atomic mass is 10.2. The number of hydrogen-bond donors (Lipinski definition) is 2. The minimum Gasteiger partial charge on any atom is -0.374 e. The molecule has 19 heavy (non-hydrogen) atoms. The topological polar surface area (TPSA) is 80.5 Å². The van der Waals surface area contributed by atoms with Crippen LogP contribution in [0, 0.1) is 6.92 Å². The van der Waals surface area contributed by atoms with Gasteiger partial charge in [0.1, 0.15) is 5.82 Å². The van der Waals surface area contributed by atoms with E-state index in [1.807, 2.05) is 18.9 Å². The number of carbonyl (C=O) groups excluding carboxylic acids is 1. The number of primary amides is 1. The molecule has 0 aliphatic carbocycles. The number of pyridine rings is 1. The molecule has 2 rings (SSSR count). The van der Waals surface area contributed by atoms with Gasteiger partial charge in [0.15, 0.2) is 0 Å². The first-order valence-corrected chi connectivity index (χ1v) is 6.39. The lowest BCUT2D eigenvalue weighted by molar-refractivity contribution is 0.0339. The van der Waals surface area contributed by atoms with Gasteiger partial charge in [-0.2, -0.15) is 0 Å². The molecule has 0 saturated carbocycles. The van der Waals surface area contributed by atoms with Crippen molar-refractivity contribution in [2.45, 2.75) is 13.0 Å². The summed E-state index contributed by atoms with van der Waals surface area (Å²) in [6.45, 7) is 4.96. The Kier molecular flexibility index (Phi) is 4.34. The van der Waals surface area contributed by atoms with Gasteiger partial charge in [-0.15, -0.1) is 0 Å². The molecule has 0 aromatic carbocycles. The molecule has 0 bridgehead atoms. The number of morpholine rings is 1. The Balaban J connectivity index is 2.14. The number of carbonyl (C=O) groups is 1. The summed E-state index contributed by atoms with van der Waals surface area (Å²) >= 11 is 0. The summed E-state index contributed by atoms with van der Waals surface area (Å²) in [5.41, 5.74) is 6.68. The maximum Gasteiger partial charge on any atom is 0.252 e. The molecule has 1 saturated heterocycles. The quantitative estimate of drug-likeness (QED) is 0.794. The SMILES string of the molecule is Cc1ccc(C(N)=O)c(N(C)CC2CNCCO2)n1. The third kappa shape index (κ3) is 3.42. The van der Waals surface area contributed by atoms with Crippen molar-refractivity contribution in [2.75, 3.05) is 38.2 Å². The zero-order valence-electron chi connectivity index (χ0n) is 11.3. The van der Waals surface area contributed by atoms with Gasteiger partial charge in [0, 0.05) is 32.4 Å². The van der Waals surface area contributed by atoms with Crippen LogP contribution in [0.15, 0.2) is 12.1 Å². The summed E-state index contributed by atoms with van der Waals surface area (Å²) in [5, 5.41) is 3.28. The Labute approximate surface area is 112 Å². The number of likely N-dealkylation sites (N-methyl/N-ethyl adjacent to an activating group) is 1. The molecule has 6 nitrogen and oxygen atoms in total. The van der Waals surface area contributed by atoms with Gasteiger partial charge in [-0.05, 0) is 19.1 Å². The van der Waals surface area contributed by atoms with Gasteiger partial charge in [0.05, 0.1) is 18.3 Å². The van der Waals surface area contributed by atoms with Gasteiger partial charge in [-0.3, -0.25) is 4.79 Å². The first-order chi connectivity index (χ1) is 9.08. The van der Waals surface area contributed by atoms with Crippen LogP contribution in [0.4, 0.5) is 5.82 Å². The molecule has 1 aromatic rings. The molecule has 0 radical (unpaired) electrons. The fourth-order valence-corrected chi connectivity index (χ4v) is 2.16. The second-order valence-electron chi connectivity index (χ2n) is 4.77. The van der Waals surface area contributed by atoms with Crippen molar-refractivity contribution >= 4 is 11.7 Å².